The van der Waals surface area contributed by atoms with Crippen LogP contribution in [0.5, 0.6) is 0 Å². The first-order valence-corrected chi connectivity index (χ1v) is 6.77. The predicted octanol–water partition coefficient (Wildman–Crippen LogP) is 0.645. The molecule has 1 aliphatic carbocycles. The van der Waals surface area contributed by atoms with Crippen LogP contribution in [-0.4, -0.2) is 46.8 Å². The highest BCUT2D eigenvalue weighted by Crippen LogP contribution is 2.34. The van der Waals surface area contributed by atoms with Gasteiger partial charge in [-0.1, -0.05) is 0 Å². The molecule has 2 heterocycles. The van der Waals surface area contributed by atoms with Gasteiger partial charge in [-0.3, -0.25) is 0 Å². The SMILES string of the molecule is CC1(Nc2nc(N)nc(N3CCOCC3)n2)CCC1. The standard InChI is InChI=1S/C12H20N6O/c1-12(3-2-4-12)17-10-14-9(13)15-11(16-10)18-5-7-19-8-6-18/h2-8H2,1H3,(H3,13,14,15,16,17). The van der Waals surface area contributed by atoms with E-state index in [9.17, 15) is 0 Å². The number of aromatic nitrogens is 3. The molecule has 104 valence electrons. The Bertz CT molecular complexity index is 456. The minimum Gasteiger partial charge on any atom is -0.378 e. The molecule has 1 aromatic rings. The maximum absolute atomic E-state index is 5.78. The van der Waals surface area contributed by atoms with Gasteiger partial charge in [0.2, 0.25) is 17.8 Å². The van der Waals surface area contributed by atoms with Gasteiger partial charge in [0.1, 0.15) is 0 Å². The van der Waals surface area contributed by atoms with Crippen molar-refractivity contribution >= 4 is 17.8 Å². The number of nitrogens with two attached hydrogens (primary N) is 1. The maximum Gasteiger partial charge on any atom is 0.232 e. The van der Waals surface area contributed by atoms with Crippen LogP contribution in [0, 0.1) is 0 Å². The van der Waals surface area contributed by atoms with Gasteiger partial charge in [-0.25, -0.2) is 0 Å². The van der Waals surface area contributed by atoms with Gasteiger partial charge in [-0.05, 0) is 26.2 Å². The Kier molecular flexibility index (Phi) is 3.14. The zero-order valence-corrected chi connectivity index (χ0v) is 11.2. The molecule has 0 unspecified atom stereocenters. The smallest absolute Gasteiger partial charge is 0.232 e. The highest BCUT2D eigenvalue weighted by molar-refractivity contribution is 5.43. The largest absolute Gasteiger partial charge is 0.378 e. The van der Waals surface area contributed by atoms with Crippen LogP contribution in [0.1, 0.15) is 26.2 Å². The average molecular weight is 264 g/mol. The molecule has 1 aliphatic heterocycles. The van der Waals surface area contributed by atoms with E-state index in [2.05, 4.69) is 32.1 Å². The van der Waals surface area contributed by atoms with E-state index < -0.39 is 0 Å². The number of hydrogen-bond donors (Lipinski definition) is 2. The number of nitrogens with one attached hydrogen (secondary N) is 1. The lowest BCUT2D eigenvalue weighted by atomic mass is 9.79. The van der Waals surface area contributed by atoms with Crippen LogP contribution in [0.15, 0.2) is 0 Å². The molecule has 3 rings (SSSR count). The van der Waals surface area contributed by atoms with E-state index in [0.29, 0.717) is 25.1 Å². The van der Waals surface area contributed by atoms with E-state index in [1.807, 2.05) is 0 Å². The highest BCUT2D eigenvalue weighted by Gasteiger charge is 2.32. The lowest BCUT2D eigenvalue weighted by Gasteiger charge is -2.39. The molecule has 0 spiro atoms. The summed E-state index contributed by atoms with van der Waals surface area (Å²) in [5, 5.41) is 3.37. The van der Waals surface area contributed by atoms with Crippen molar-refractivity contribution < 1.29 is 4.74 Å². The topological polar surface area (TPSA) is 89.2 Å². The molecule has 2 fully saturated rings. The molecule has 0 bridgehead atoms. The van der Waals surface area contributed by atoms with Crippen molar-refractivity contribution in [2.24, 2.45) is 0 Å². The van der Waals surface area contributed by atoms with E-state index in [1.165, 1.54) is 6.42 Å². The Morgan fingerprint density at radius 1 is 1.21 bits per heavy atom. The van der Waals surface area contributed by atoms with Gasteiger partial charge in [0, 0.05) is 18.6 Å². The fourth-order valence-corrected chi connectivity index (χ4v) is 2.44. The number of nitrogen functional groups attached to an aromatic ring is 1. The van der Waals surface area contributed by atoms with Gasteiger partial charge >= 0.3 is 0 Å². The van der Waals surface area contributed by atoms with Gasteiger partial charge in [0.25, 0.3) is 0 Å². The molecule has 0 aromatic carbocycles. The van der Waals surface area contributed by atoms with E-state index in [0.717, 1.165) is 25.9 Å². The number of rotatable bonds is 3. The van der Waals surface area contributed by atoms with Gasteiger partial charge in [0.05, 0.1) is 13.2 Å². The third-order valence-corrected chi connectivity index (χ3v) is 3.81. The first-order chi connectivity index (χ1) is 9.15. The zero-order valence-electron chi connectivity index (χ0n) is 11.2. The van der Waals surface area contributed by atoms with Crippen molar-refractivity contribution in [1.29, 1.82) is 0 Å². The average Bonchev–Trinajstić information content (AvgIpc) is 2.37. The first-order valence-electron chi connectivity index (χ1n) is 6.77. The summed E-state index contributed by atoms with van der Waals surface area (Å²) in [6, 6.07) is 0. The molecule has 2 aliphatic rings. The Morgan fingerprint density at radius 2 is 1.95 bits per heavy atom. The van der Waals surface area contributed by atoms with E-state index in [-0.39, 0.29) is 11.5 Å². The Labute approximate surface area is 112 Å². The maximum atomic E-state index is 5.78. The summed E-state index contributed by atoms with van der Waals surface area (Å²) >= 11 is 0. The van der Waals surface area contributed by atoms with Crippen molar-refractivity contribution in [3.63, 3.8) is 0 Å². The van der Waals surface area contributed by atoms with Gasteiger partial charge in [-0.2, -0.15) is 15.0 Å². The fourth-order valence-electron chi connectivity index (χ4n) is 2.44. The van der Waals surface area contributed by atoms with Crippen molar-refractivity contribution in [2.45, 2.75) is 31.7 Å². The van der Waals surface area contributed by atoms with E-state index in [1.54, 1.807) is 0 Å². The second-order valence-electron chi connectivity index (χ2n) is 5.46. The second kappa shape index (κ2) is 4.80. The fraction of sp³-hybridized carbons (Fsp3) is 0.750. The summed E-state index contributed by atoms with van der Waals surface area (Å²) in [5.41, 5.74) is 5.89. The Balaban J connectivity index is 1.78. The highest BCUT2D eigenvalue weighted by atomic mass is 16.5. The quantitative estimate of drug-likeness (QED) is 0.828. The molecular weight excluding hydrogens is 244 g/mol. The van der Waals surface area contributed by atoms with Gasteiger partial charge < -0.3 is 20.7 Å². The molecular formula is C12H20N6O. The van der Waals surface area contributed by atoms with Crippen molar-refractivity contribution in [2.75, 3.05) is 42.3 Å². The molecule has 1 saturated heterocycles. The minimum absolute atomic E-state index is 0.107. The summed E-state index contributed by atoms with van der Waals surface area (Å²) in [4.78, 5) is 15.0. The lowest BCUT2D eigenvalue weighted by Crippen LogP contribution is -2.42. The van der Waals surface area contributed by atoms with Crippen LogP contribution in [0.4, 0.5) is 17.8 Å². The van der Waals surface area contributed by atoms with Gasteiger partial charge in [-0.15, -0.1) is 0 Å². The third kappa shape index (κ3) is 2.70. The van der Waals surface area contributed by atoms with Crippen molar-refractivity contribution in [1.82, 2.24) is 15.0 Å². The predicted molar refractivity (Wildman–Crippen MR) is 73.2 cm³/mol. The van der Waals surface area contributed by atoms with Crippen LogP contribution in [0.3, 0.4) is 0 Å². The monoisotopic (exact) mass is 264 g/mol. The summed E-state index contributed by atoms with van der Waals surface area (Å²) in [6.45, 7) is 5.17. The number of morpholine rings is 1. The number of nitrogens with zero attached hydrogens (tertiary/aromatic N) is 4. The molecule has 0 amide bonds. The van der Waals surface area contributed by atoms with Crippen LogP contribution in [-0.2, 0) is 4.74 Å². The van der Waals surface area contributed by atoms with Crippen molar-refractivity contribution in [3.8, 4) is 0 Å². The molecule has 7 heteroatoms. The van der Waals surface area contributed by atoms with Crippen LogP contribution in [0.25, 0.3) is 0 Å². The summed E-state index contributed by atoms with van der Waals surface area (Å²) in [5.74, 6) is 1.49. The first kappa shape index (κ1) is 12.4. The minimum atomic E-state index is 0.107. The van der Waals surface area contributed by atoms with Crippen LogP contribution < -0.4 is 16.0 Å². The van der Waals surface area contributed by atoms with E-state index >= 15 is 0 Å². The molecule has 3 N–H and O–H groups in total. The number of anilines is 3. The Morgan fingerprint density at radius 3 is 2.58 bits per heavy atom. The summed E-state index contributed by atoms with van der Waals surface area (Å²) in [7, 11) is 0. The molecule has 19 heavy (non-hydrogen) atoms. The molecule has 0 radical (unpaired) electrons. The number of ether oxygens (including phenoxy) is 1. The molecule has 1 saturated carbocycles. The lowest BCUT2D eigenvalue weighted by molar-refractivity contribution is 0.122. The zero-order chi connectivity index (χ0) is 13.3. The molecule has 1 aromatic heterocycles. The summed E-state index contributed by atoms with van der Waals surface area (Å²) < 4.78 is 5.33. The normalized spacial score (nSPS) is 21.8. The van der Waals surface area contributed by atoms with Crippen LogP contribution in [0.2, 0.25) is 0 Å². The third-order valence-electron chi connectivity index (χ3n) is 3.81. The molecule has 7 nitrogen and oxygen atoms in total. The van der Waals surface area contributed by atoms with Crippen LogP contribution >= 0.6 is 0 Å². The van der Waals surface area contributed by atoms with Gasteiger partial charge in [0.15, 0.2) is 0 Å². The summed E-state index contributed by atoms with van der Waals surface area (Å²) in [6.07, 6.45) is 3.54. The van der Waals surface area contributed by atoms with E-state index in [4.69, 9.17) is 10.5 Å². The molecule has 0 atom stereocenters. The number of hydrogen-bond acceptors (Lipinski definition) is 7. The van der Waals surface area contributed by atoms with Crippen molar-refractivity contribution in [3.05, 3.63) is 0 Å². The second-order valence-corrected chi connectivity index (χ2v) is 5.46. The Hall–Kier alpha value is -1.63.